The highest BCUT2D eigenvalue weighted by molar-refractivity contribution is 6.03. The molecule has 6 N–H and O–H groups in total. The van der Waals surface area contributed by atoms with Crippen molar-refractivity contribution in [3.05, 3.63) is 58.9 Å². The number of allylic oxidation sites excluding steroid dienone is 1. The second-order valence-electron chi connectivity index (χ2n) is 9.66. The summed E-state index contributed by atoms with van der Waals surface area (Å²) in [5.41, 5.74) is 7.08. The van der Waals surface area contributed by atoms with Crippen molar-refractivity contribution in [2.24, 2.45) is 17.6 Å². The summed E-state index contributed by atoms with van der Waals surface area (Å²) in [6.07, 6.45) is 1.42. The summed E-state index contributed by atoms with van der Waals surface area (Å²) in [6, 6.07) is 4.38. The van der Waals surface area contributed by atoms with E-state index in [0.717, 1.165) is 0 Å². The fourth-order valence-electron chi connectivity index (χ4n) is 4.45. The van der Waals surface area contributed by atoms with Gasteiger partial charge in [0.2, 0.25) is 0 Å². The number of aliphatic hydroxyl groups is 2. The maximum absolute atomic E-state index is 12.8. The summed E-state index contributed by atoms with van der Waals surface area (Å²) in [5, 5.41) is 35.0. The molecular weight excluding hydrogens is 492 g/mol. The number of amides is 2. The van der Waals surface area contributed by atoms with Crippen molar-refractivity contribution < 1.29 is 39.1 Å². The monoisotopic (exact) mass is 532 g/mol. The molecule has 0 saturated carbocycles. The SMILES string of the molecule is CO/C1=C/[C@H](C)[C@@H](O)c2cc(O)cc(c2)NC(=O)/C(C)=C\CC[C@H](OC)[C@@H](OC(N)=O)/C(C)=C\[C@H](C)[C@H]1O. The lowest BCUT2D eigenvalue weighted by atomic mass is 9.92. The van der Waals surface area contributed by atoms with Crippen molar-refractivity contribution in [3.63, 3.8) is 0 Å². The molecule has 38 heavy (non-hydrogen) atoms. The van der Waals surface area contributed by atoms with Gasteiger partial charge in [-0.2, -0.15) is 0 Å². The molecule has 1 heterocycles. The number of anilines is 1. The van der Waals surface area contributed by atoms with Crippen LogP contribution in [0.15, 0.2) is 53.3 Å². The molecule has 1 aromatic rings. The first-order valence-electron chi connectivity index (χ1n) is 12.5. The van der Waals surface area contributed by atoms with Crippen LogP contribution < -0.4 is 11.1 Å². The molecule has 2 amide bonds. The number of aliphatic hydroxyl groups excluding tert-OH is 2. The zero-order valence-electron chi connectivity index (χ0n) is 22.8. The van der Waals surface area contributed by atoms with E-state index in [1.54, 1.807) is 52.0 Å². The maximum Gasteiger partial charge on any atom is 0.405 e. The number of hydrogen-bond donors (Lipinski definition) is 5. The van der Waals surface area contributed by atoms with Crippen molar-refractivity contribution in [2.45, 2.75) is 65.0 Å². The standard InChI is InChI=1S/C28H40N2O8/c1-15-8-7-9-22(36-5)26(38-28(29)35)18(4)10-16(2)25(33)23(37-6)11-17(3)24(32)19-12-20(30-27(15)34)14-21(31)13-19/h8,10-14,16-17,22,24-26,31-33H,7,9H2,1-6H3,(H2,29,35)(H,30,34)/b15-8-,18-10-,23-11+/t16-,17-,22-,24+,25+,26-/m0/s1. The number of carbonyl (C=O) groups is 2. The highest BCUT2D eigenvalue weighted by Gasteiger charge is 2.28. The maximum atomic E-state index is 12.8. The van der Waals surface area contributed by atoms with Crippen LogP contribution in [0, 0.1) is 11.8 Å². The largest absolute Gasteiger partial charge is 0.508 e. The van der Waals surface area contributed by atoms with E-state index in [4.69, 9.17) is 19.9 Å². The summed E-state index contributed by atoms with van der Waals surface area (Å²) < 4.78 is 16.4. The Kier molecular flexibility index (Phi) is 11.4. The first-order valence-corrected chi connectivity index (χ1v) is 12.5. The minimum absolute atomic E-state index is 0.120. The van der Waals surface area contributed by atoms with Crippen LogP contribution in [0.5, 0.6) is 5.75 Å². The zero-order chi connectivity index (χ0) is 28.6. The van der Waals surface area contributed by atoms with Crippen LogP contribution in [0.4, 0.5) is 10.5 Å². The highest BCUT2D eigenvalue weighted by atomic mass is 16.6. The number of methoxy groups -OCH3 is 2. The number of hydrogen-bond acceptors (Lipinski definition) is 8. The molecular formula is C28H40N2O8. The quantitative estimate of drug-likeness (QED) is 0.368. The van der Waals surface area contributed by atoms with E-state index in [0.29, 0.717) is 35.2 Å². The van der Waals surface area contributed by atoms with Crippen molar-refractivity contribution in [3.8, 4) is 5.75 Å². The fraction of sp³-hybridized carbons (Fsp3) is 0.500. The molecule has 0 saturated heterocycles. The Balaban J connectivity index is 2.59. The molecule has 10 heteroatoms. The van der Waals surface area contributed by atoms with Gasteiger partial charge in [-0.25, -0.2) is 4.79 Å². The van der Waals surface area contributed by atoms with Crippen LogP contribution in [-0.4, -0.2) is 59.9 Å². The van der Waals surface area contributed by atoms with Gasteiger partial charge in [-0.1, -0.05) is 26.0 Å². The van der Waals surface area contributed by atoms with Crippen LogP contribution >= 0.6 is 0 Å². The second-order valence-corrected chi connectivity index (χ2v) is 9.66. The average Bonchev–Trinajstić information content (AvgIpc) is 2.86. The van der Waals surface area contributed by atoms with Crippen molar-refractivity contribution in [1.82, 2.24) is 0 Å². The van der Waals surface area contributed by atoms with Crippen LogP contribution in [0.2, 0.25) is 0 Å². The number of phenolic OH excluding ortho intramolecular Hbond substituents is 1. The Morgan fingerprint density at radius 1 is 1.05 bits per heavy atom. The highest BCUT2D eigenvalue weighted by Crippen LogP contribution is 2.31. The lowest BCUT2D eigenvalue weighted by Gasteiger charge is -2.27. The number of benzene rings is 1. The van der Waals surface area contributed by atoms with Gasteiger partial charge in [-0.15, -0.1) is 0 Å². The van der Waals surface area contributed by atoms with Gasteiger partial charge >= 0.3 is 6.09 Å². The number of carbonyl (C=O) groups excluding carboxylic acids is 2. The second kappa shape index (κ2) is 14.0. The minimum Gasteiger partial charge on any atom is -0.508 e. The molecule has 1 aromatic carbocycles. The van der Waals surface area contributed by atoms with Gasteiger partial charge in [0.1, 0.15) is 17.6 Å². The molecule has 0 radical (unpaired) electrons. The summed E-state index contributed by atoms with van der Waals surface area (Å²) in [5.74, 6) is -1.27. The smallest absolute Gasteiger partial charge is 0.405 e. The van der Waals surface area contributed by atoms with E-state index >= 15 is 0 Å². The third kappa shape index (κ3) is 8.34. The summed E-state index contributed by atoms with van der Waals surface area (Å²) >= 11 is 0. The van der Waals surface area contributed by atoms with Crippen LogP contribution in [-0.2, 0) is 19.0 Å². The van der Waals surface area contributed by atoms with Gasteiger partial charge in [-0.05, 0) is 56.0 Å². The predicted octanol–water partition coefficient (Wildman–Crippen LogP) is 3.69. The Hall–Kier alpha value is -3.34. The van der Waals surface area contributed by atoms with E-state index in [-0.39, 0.29) is 17.4 Å². The first-order chi connectivity index (χ1) is 17.9. The van der Waals surface area contributed by atoms with Gasteiger partial charge in [0.05, 0.1) is 19.3 Å². The molecule has 1 aliphatic heterocycles. The molecule has 10 nitrogen and oxygen atoms in total. The topological polar surface area (TPSA) is 161 Å². The minimum atomic E-state index is -1.08. The van der Waals surface area contributed by atoms with Gasteiger partial charge < -0.3 is 40.6 Å². The third-order valence-electron chi connectivity index (χ3n) is 6.61. The Labute approximate surface area is 223 Å². The van der Waals surface area contributed by atoms with E-state index in [2.05, 4.69) is 5.32 Å². The van der Waals surface area contributed by atoms with E-state index < -0.39 is 42.3 Å². The first kappa shape index (κ1) is 30.9. The Bertz CT molecular complexity index is 1080. The fourth-order valence-corrected chi connectivity index (χ4v) is 4.45. The molecule has 0 aromatic heterocycles. The summed E-state index contributed by atoms with van der Waals surface area (Å²) in [6.45, 7) is 6.92. The molecule has 6 atom stereocenters. The number of nitrogens with two attached hydrogens (primary N) is 1. The third-order valence-corrected chi connectivity index (χ3v) is 6.61. The van der Waals surface area contributed by atoms with Gasteiger partial charge in [0.25, 0.3) is 5.91 Å². The molecule has 0 unspecified atom stereocenters. The summed E-state index contributed by atoms with van der Waals surface area (Å²) in [7, 11) is 2.91. The predicted molar refractivity (Wildman–Crippen MR) is 143 cm³/mol. The average molecular weight is 533 g/mol. The van der Waals surface area contributed by atoms with Crippen LogP contribution in [0.25, 0.3) is 0 Å². The van der Waals surface area contributed by atoms with Crippen molar-refractivity contribution >= 4 is 17.7 Å². The van der Waals surface area contributed by atoms with E-state index in [1.807, 2.05) is 0 Å². The molecule has 210 valence electrons. The van der Waals surface area contributed by atoms with E-state index in [1.165, 1.54) is 26.4 Å². The number of fused-ring (bicyclic) bond motifs is 2. The molecule has 2 bridgehead atoms. The zero-order valence-corrected chi connectivity index (χ0v) is 22.8. The lowest BCUT2D eigenvalue weighted by molar-refractivity contribution is -0.112. The molecule has 0 aliphatic carbocycles. The molecule has 0 spiro atoms. The van der Waals surface area contributed by atoms with Crippen molar-refractivity contribution in [1.29, 1.82) is 0 Å². The van der Waals surface area contributed by atoms with Gasteiger partial charge in [0.15, 0.2) is 6.10 Å². The normalized spacial score (nSPS) is 32.0. The number of nitrogens with one attached hydrogen (secondary N) is 1. The number of phenols is 1. The number of rotatable bonds is 3. The number of primary amides is 1. The summed E-state index contributed by atoms with van der Waals surface area (Å²) in [4.78, 5) is 24.5. The van der Waals surface area contributed by atoms with E-state index in [9.17, 15) is 24.9 Å². The van der Waals surface area contributed by atoms with Gasteiger partial charge in [-0.3, -0.25) is 4.79 Å². The Morgan fingerprint density at radius 2 is 1.71 bits per heavy atom. The molecule has 1 aliphatic rings. The van der Waals surface area contributed by atoms with Crippen LogP contribution in [0.1, 0.15) is 52.2 Å². The molecule has 0 fully saturated rings. The van der Waals surface area contributed by atoms with Crippen molar-refractivity contribution in [2.75, 3.05) is 19.5 Å². The Morgan fingerprint density at radius 3 is 2.32 bits per heavy atom. The van der Waals surface area contributed by atoms with Crippen LogP contribution in [0.3, 0.4) is 0 Å². The lowest BCUT2D eigenvalue weighted by Crippen LogP contribution is -2.36. The number of ether oxygens (including phenoxy) is 3. The molecule has 2 rings (SSSR count). The number of aromatic hydroxyl groups is 1. The van der Waals surface area contributed by atoms with Gasteiger partial charge in [0, 0.05) is 36.3 Å².